The zero-order chi connectivity index (χ0) is 9.97. The second-order valence-corrected chi connectivity index (χ2v) is 3.45. The Balaban J connectivity index is 1.93. The summed E-state index contributed by atoms with van der Waals surface area (Å²) in [7, 11) is 0. The molecule has 1 aromatic heterocycles. The molecule has 0 bridgehead atoms. The van der Waals surface area contributed by atoms with Crippen LogP contribution in [0.1, 0.15) is 24.2 Å². The van der Waals surface area contributed by atoms with Crippen molar-refractivity contribution in [1.82, 2.24) is 10.2 Å². The van der Waals surface area contributed by atoms with Gasteiger partial charge in [-0.1, -0.05) is 0 Å². The number of aryl methyl sites for hydroxylation is 1. The highest BCUT2D eigenvalue weighted by Gasteiger charge is 2.17. The predicted octanol–water partition coefficient (Wildman–Crippen LogP) is 0.785. The summed E-state index contributed by atoms with van der Waals surface area (Å²) in [5, 5.41) is 18.9. The van der Waals surface area contributed by atoms with Gasteiger partial charge in [0.15, 0.2) is 0 Å². The molecule has 5 nitrogen and oxygen atoms in total. The van der Waals surface area contributed by atoms with Crippen molar-refractivity contribution in [2.75, 3.05) is 11.9 Å². The minimum absolute atomic E-state index is 0.210. The number of carbonyl (C=O) groups is 1. The second-order valence-electron chi connectivity index (χ2n) is 3.45. The fourth-order valence-corrected chi connectivity index (χ4v) is 1.71. The Hall–Kier alpha value is -1.52. The van der Waals surface area contributed by atoms with Crippen LogP contribution in [0.25, 0.3) is 0 Å². The number of aromatic amines is 1. The molecule has 0 saturated carbocycles. The first-order valence-electron chi connectivity index (χ1n) is 4.79. The highest BCUT2D eigenvalue weighted by Crippen LogP contribution is 2.24. The molecule has 0 fully saturated rings. The van der Waals surface area contributed by atoms with Crippen LogP contribution in [0, 0.1) is 0 Å². The quantitative estimate of drug-likeness (QED) is 0.663. The molecular formula is C9H13N3O2. The van der Waals surface area contributed by atoms with Gasteiger partial charge in [-0.3, -0.25) is 9.89 Å². The number of carboxylic acid groups (broad SMARTS) is 1. The minimum Gasteiger partial charge on any atom is -0.481 e. The van der Waals surface area contributed by atoms with Gasteiger partial charge in [0, 0.05) is 19.4 Å². The molecule has 0 radical (unpaired) electrons. The lowest BCUT2D eigenvalue weighted by atomic mass is 10.1. The Bertz CT molecular complexity index is 346. The number of H-pyrrole nitrogens is 1. The van der Waals surface area contributed by atoms with Crippen molar-refractivity contribution < 1.29 is 9.90 Å². The Kier molecular flexibility index (Phi) is 2.39. The SMILES string of the molecule is O=C(O)CCCc1n[nH]c2c1NCC2. The summed E-state index contributed by atoms with van der Waals surface area (Å²) in [6.07, 6.45) is 2.57. The first kappa shape index (κ1) is 9.05. The lowest BCUT2D eigenvalue weighted by Gasteiger charge is -1.98. The second kappa shape index (κ2) is 3.69. The molecule has 3 N–H and O–H groups in total. The van der Waals surface area contributed by atoms with Gasteiger partial charge in [0.25, 0.3) is 0 Å². The van der Waals surface area contributed by atoms with E-state index in [2.05, 4.69) is 15.5 Å². The van der Waals surface area contributed by atoms with Gasteiger partial charge in [0.2, 0.25) is 0 Å². The maximum absolute atomic E-state index is 10.3. The third-order valence-corrected chi connectivity index (χ3v) is 2.40. The summed E-state index contributed by atoms with van der Waals surface area (Å²) < 4.78 is 0. The van der Waals surface area contributed by atoms with Crippen LogP contribution in [-0.4, -0.2) is 27.8 Å². The Morgan fingerprint density at radius 1 is 1.57 bits per heavy atom. The predicted molar refractivity (Wildman–Crippen MR) is 51.4 cm³/mol. The van der Waals surface area contributed by atoms with Crippen molar-refractivity contribution in [2.45, 2.75) is 25.7 Å². The van der Waals surface area contributed by atoms with E-state index in [1.54, 1.807) is 0 Å². The van der Waals surface area contributed by atoms with Gasteiger partial charge < -0.3 is 10.4 Å². The molecule has 2 heterocycles. The molecule has 0 aliphatic carbocycles. The Morgan fingerprint density at radius 2 is 2.43 bits per heavy atom. The summed E-state index contributed by atoms with van der Waals surface area (Å²) in [4.78, 5) is 10.3. The molecule has 1 aromatic rings. The van der Waals surface area contributed by atoms with Crippen LogP contribution in [0.2, 0.25) is 0 Å². The zero-order valence-corrected chi connectivity index (χ0v) is 7.84. The number of hydrogen-bond acceptors (Lipinski definition) is 3. The standard InChI is InChI=1S/C9H13N3O2/c13-8(14)3-1-2-6-9-7(12-11-6)4-5-10-9/h10H,1-5H2,(H,11,12)(H,13,14). The largest absolute Gasteiger partial charge is 0.481 e. The van der Waals surface area contributed by atoms with Crippen molar-refractivity contribution in [2.24, 2.45) is 0 Å². The molecule has 0 spiro atoms. The van der Waals surface area contributed by atoms with E-state index in [9.17, 15) is 4.79 Å². The van der Waals surface area contributed by atoms with Crippen LogP contribution in [0.3, 0.4) is 0 Å². The molecule has 0 unspecified atom stereocenters. The smallest absolute Gasteiger partial charge is 0.303 e. The van der Waals surface area contributed by atoms with E-state index in [0.29, 0.717) is 6.42 Å². The van der Waals surface area contributed by atoms with E-state index in [-0.39, 0.29) is 6.42 Å². The van der Waals surface area contributed by atoms with Crippen LogP contribution >= 0.6 is 0 Å². The topological polar surface area (TPSA) is 78.0 Å². The maximum Gasteiger partial charge on any atom is 0.303 e. The molecule has 0 amide bonds. The number of hydrogen-bond donors (Lipinski definition) is 3. The molecule has 0 saturated heterocycles. The number of nitrogens with zero attached hydrogens (tertiary/aromatic N) is 1. The summed E-state index contributed by atoms with van der Waals surface area (Å²) in [6.45, 7) is 0.954. The normalized spacial score (nSPS) is 13.7. The third kappa shape index (κ3) is 1.71. The number of rotatable bonds is 4. The molecule has 14 heavy (non-hydrogen) atoms. The Labute approximate surface area is 81.5 Å². The van der Waals surface area contributed by atoms with Gasteiger partial charge in [-0.05, 0) is 12.8 Å². The van der Waals surface area contributed by atoms with E-state index in [4.69, 9.17) is 5.11 Å². The number of carboxylic acids is 1. The number of aliphatic carboxylic acids is 1. The zero-order valence-electron chi connectivity index (χ0n) is 7.84. The fraction of sp³-hybridized carbons (Fsp3) is 0.556. The van der Waals surface area contributed by atoms with E-state index in [1.165, 1.54) is 0 Å². The summed E-state index contributed by atoms with van der Waals surface area (Å²) in [5.41, 5.74) is 3.21. The molecule has 0 aromatic carbocycles. The minimum atomic E-state index is -0.745. The van der Waals surface area contributed by atoms with Crippen LogP contribution in [0.15, 0.2) is 0 Å². The van der Waals surface area contributed by atoms with E-state index >= 15 is 0 Å². The number of aromatic nitrogens is 2. The average molecular weight is 195 g/mol. The third-order valence-electron chi connectivity index (χ3n) is 2.40. The molecule has 1 aliphatic heterocycles. The fourth-order valence-electron chi connectivity index (χ4n) is 1.71. The number of anilines is 1. The van der Waals surface area contributed by atoms with E-state index in [0.717, 1.165) is 36.5 Å². The number of fused-ring (bicyclic) bond motifs is 1. The van der Waals surface area contributed by atoms with E-state index in [1.807, 2.05) is 0 Å². The molecular weight excluding hydrogens is 182 g/mol. The lowest BCUT2D eigenvalue weighted by molar-refractivity contribution is -0.137. The van der Waals surface area contributed by atoms with Gasteiger partial charge in [0.05, 0.1) is 17.1 Å². The van der Waals surface area contributed by atoms with Gasteiger partial charge in [-0.25, -0.2) is 0 Å². The molecule has 76 valence electrons. The van der Waals surface area contributed by atoms with Gasteiger partial charge in [0.1, 0.15) is 0 Å². The van der Waals surface area contributed by atoms with Crippen molar-refractivity contribution in [3.63, 3.8) is 0 Å². The van der Waals surface area contributed by atoms with E-state index < -0.39 is 5.97 Å². The average Bonchev–Trinajstić information content (AvgIpc) is 2.67. The molecule has 2 rings (SSSR count). The Morgan fingerprint density at radius 3 is 3.21 bits per heavy atom. The van der Waals surface area contributed by atoms with Crippen molar-refractivity contribution in [1.29, 1.82) is 0 Å². The van der Waals surface area contributed by atoms with Crippen LogP contribution in [-0.2, 0) is 17.6 Å². The maximum atomic E-state index is 10.3. The van der Waals surface area contributed by atoms with Crippen LogP contribution < -0.4 is 5.32 Å². The molecule has 5 heteroatoms. The lowest BCUT2D eigenvalue weighted by Crippen LogP contribution is -2.00. The van der Waals surface area contributed by atoms with Crippen molar-refractivity contribution in [3.8, 4) is 0 Å². The van der Waals surface area contributed by atoms with Crippen molar-refractivity contribution in [3.05, 3.63) is 11.4 Å². The van der Waals surface area contributed by atoms with Crippen LogP contribution in [0.4, 0.5) is 5.69 Å². The van der Waals surface area contributed by atoms with Gasteiger partial charge in [-0.2, -0.15) is 5.10 Å². The highest BCUT2D eigenvalue weighted by molar-refractivity contribution is 5.66. The van der Waals surface area contributed by atoms with Gasteiger partial charge >= 0.3 is 5.97 Å². The highest BCUT2D eigenvalue weighted by atomic mass is 16.4. The molecule has 1 aliphatic rings. The summed E-state index contributed by atoms with van der Waals surface area (Å²) in [5.74, 6) is -0.745. The first-order chi connectivity index (χ1) is 6.77. The summed E-state index contributed by atoms with van der Waals surface area (Å²) in [6, 6.07) is 0. The first-order valence-corrected chi connectivity index (χ1v) is 4.79. The molecule has 0 atom stereocenters. The summed E-state index contributed by atoms with van der Waals surface area (Å²) >= 11 is 0. The van der Waals surface area contributed by atoms with Crippen molar-refractivity contribution >= 4 is 11.7 Å². The monoisotopic (exact) mass is 195 g/mol. The number of nitrogens with one attached hydrogen (secondary N) is 2. The van der Waals surface area contributed by atoms with Gasteiger partial charge in [-0.15, -0.1) is 0 Å². The van der Waals surface area contributed by atoms with Crippen LogP contribution in [0.5, 0.6) is 0 Å².